The van der Waals surface area contributed by atoms with E-state index < -0.39 is 0 Å². The van der Waals surface area contributed by atoms with Crippen molar-refractivity contribution in [3.63, 3.8) is 0 Å². The van der Waals surface area contributed by atoms with Crippen molar-refractivity contribution in [2.24, 2.45) is 0 Å². The van der Waals surface area contributed by atoms with Crippen molar-refractivity contribution in [1.29, 1.82) is 0 Å². The van der Waals surface area contributed by atoms with Gasteiger partial charge in [-0.15, -0.1) is 6.58 Å². The summed E-state index contributed by atoms with van der Waals surface area (Å²) in [6, 6.07) is 6.19. The van der Waals surface area contributed by atoms with E-state index in [1.807, 2.05) is 13.0 Å². The van der Waals surface area contributed by atoms with Gasteiger partial charge in [0.05, 0.1) is 0 Å². The van der Waals surface area contributed by atoms with Crippen LogP contribution in [0.1, 0.15) is 12.5 Å². The van der Waals surface area contributed by atoms with Crippen LogP contribution in [0.3, 0.4) is 0 Å². The molecule has 1 amide bonds. The topological polar surface area (TPSA) is 56.4 Å². The molecule has 0 radical (unpaired) electrons. The number of fused-ring (bicyclic) bond motifs is 1. The Kier molecular flexibility index (Phi) is 5.37. The van der Waals surface area contributed by atoms with Crippen LogP contribution in [-0.4, -0.2) is 51.5 Å². The van der Waals surface area contributed by atoms with Gasteiger partial charge in [0.15, 0.2) is 17.5 Å². The van der Waals surface area contributed by atoms with E-state index in [-0.39, 0.29) is 11.9 Å². The Hall–Kier alpha value is -2.05. The third kappa shape index (κ3) is 3.88. The molecule has 3 N–H and O–H groups in total. The van der Waals surface area contributed by atoms with E-state index in [1.165, 1.54) is 10.5 Å². The number of piperazine rings is 1. The summed E-state index contributed by atoms with van der Waals surface area (Å²) in [5.41, 5.74) is 1.27. The number of hydrogen-bond donors (Lipinski definition) is 3. The van der Waals surface area contributed by atoms with E-state index in [0.717, 1.165) is 44.2 Å². The van der Waals surface area contributed by atoms with Gasteiger partial charge >= 0.3 is 0 Å². The van der Waals surface area contributed by atoms with Crippen LogP contribution in [0.25, 0.3) is 0 Å². The Balaban J connectivity index is 1.48. The molecule has 0 bridgehead atoms. The van der Waals surface area contributed by atoms with Gasteiger partial charge in [0.1, 0.15) is 32.7 Å². The molecule has 1 saturated heterocycles. The Labute approximate surface area is 143 Å². The van der Waals surface area contributed by atoms with Gasteiger partial charge in [0.25, 0.3) is 5.91 Å². The van der Waals surface area contributed by atoms with Gasteiger partial charge < -0.3 is 24.6 Å². The van der Waals surface area contributed by atoms with Crippen LogP contribution in [0.2, 0.25) is 0 Å². The fourth-order valence-corrected chi connectivity index (χ4v) is 3.39. The molecule has 1 aromatic rings. The maximum Gasteiger partial charge on any atom is 0.278 e. The molecule has 2 heterocycles. The van der Waals surface area contributed by atoms with E-state index in [9.17, 15) is 4.79 Å². The van der Waals surface area contributed by atoms with Crippen LogP contribution in [0.5, 0.6) is 11.5 Å². The smallest absolute Gasteiger partial charge is 0.278 e. The van der Waals surface area contributed by atoms with Gasteiger partial charge in [-0.1, -0.05) is 6.08 Å². The molecule has 24 heavy (non-hydrogen) atoms. The third-order valence-corrected chi connectivity index (χ3v) is 4.92. The molecular formula is C18H27N3O3+2. The van der Waals surface area contributed by atoms with Crippen molar-refractivity contribution in [2.75, 3.05) is 39.5 Å². The molecule has 130 valence electrons. The number of rotatable bonds is 6. The number of hydrogen-bond acceptors (Lipinski definition) is 3. The van der Waals surface area contributed by atoms with Crippen molar-refractivity contribution >= 4 is 5.91 Å². The lowest BCUT2D eigenvalue weighted by Gasteiger charge is -2.32. The Bertz CT molecular complexity index is 597. The highest BCUT2D eigenvalue weighted by Crippen LogP contribution is 2.32. The monoisotopic (exact) mass is 333 g/mol. The van der Waals surface area contributed by atoms with Gasteiger partial charge in [-0.2, -0.15) is 0 Å². The van der Waals surface area contributed by atoms with Crippen LogP contribution >= 0.6 is 0 Å². The number of quaternary nitrogens is 2. The lowest BCUT2D eigenvalue weighted by Crippen LogP contribution is -3.29. The van der Waals surface area contributed by atoms with E-state index >= 15 is 0 Å². The Morgan fingerprint density at radius 3 is 2.79 bits per heavy atom. The quantitative estimate of drug-likeness (QED) is 0.549. The zero-order chi connectivity index (χ0) is 16.9. The van der Waals surface area contributed by atoms with Gasteiger partial charge in [-0.05, 0) is 25.1 Å². The molecule has 1 atom stereocenters. The minimum Gasteiger partial charge on any atom is -0.454 e. The number of carbonyl (C=O) groups excluding carboxylic acids is 1. The molecule has 6 nitrogen and oxygen atoms in total. The minimum atomic E-state index is -0.00274. The molecule has 0 aromatic heterocycles. The van der Waals surface area contributed by atoms with Gasteiger partial charge in [0, 0.05) is 12.1 Å². The number of amides is 1. The maximum atomic E-state index is 12.1. The fraction of sp³-hybridized carbons (Fsp3) is 0.500. The Morgan fingerprint density at radius 2 is 2.04 bits per heavy atom. The molecular weight excluding hydrogens is 306 g/mol. The molecule has 6 heteroatoms. The van der Waals surface area contributed by atoms with Crippen molar-refractivity contribution in [3.05, 3.63) is 36.4 Å². The predicted molar refractivity (Wildman–Crippen MR) is 90.3 cm³/mol. The van der Waals surface area contributed by atoms with Crippen LogP contribution in [0.15, 0.2) is 30.9 Å². The summed E-state index contributed by atoms with van der Waals surface area (Å²) in [6.07, 6.45) is 1.72. The lowest BCUT2D eigenvalue weighted by molar-refractivity contribution is -1.02. The van der Waals surface area contributed by atoms with Crippen molar-refractivity contribution < 1.29 is 24.1 Å². The summed E-state index contributed by atoms with van der Waals surface area (Å²) in [5, 5.41) is 2.89. The fourth-order valence-electron chi connectivity index (χ4n) is 3.39. The van der Waals surface area contributed by atoms with E-state index in [4.69, 9.17) is 9.47 Å². The molecule has 0 saturated carbocycles. The number of nitrogens with one attached hydrogen (secondary N) is 3. The summed E-state index contributed by atoms with van der Waals surface area (Å²) in [5.74, 6) is 1.80. The number of carbonyl (C=O) groups is 1. The standard InChI is InChI=1S/C18H25N3O3/c1-3-6-19-18(22)14(2)21-9-7-20(8-10-21)12-15-4-5-16-17(11-15)24-13-23-16/h3-5,11,14H,1,6-10,12-13H2,2H3,(H,19,22)/p+2/t14-/m1/s1. The lowest BCUT2D eigenvalue weighted by atomic mass is 10.1. The van der Waals surface area contributed by atoms with Crippen molar-refractivity contribution in [2.45, 2.75) is 19.5 Å². The highest BCUT2D eigenvalue weighted by atomic mass is 16.7. The molecule has 3 rings (SSSR count). The van der Waals surface area contributed by atoms with Crippen LogP contribution < -0.4 is 24.6 Å². The summed E-state index contributed by atoms with van der Waals surface area (Å²) >= 11 is 0. The molecule has 0 spiro atoms. The second-order valence-electron chi connectivity index (χ2n) is 6.53. The van der Waals surface area contributed by atoms with Gasteiger partial charge in [-0.3, -0.25) is 4.79 Å². The normalized spacial score (nSPS) is 23.5. The van der Waals surface area contributed by atoms with Gasteiger partial charge in [-0.25, -0.2) is 0 Å². The van der Waals surface area contributed by atoms with Crippen LogP contribution in [-0.2, 0) is 11.3 Å². The van der Waals surface area contributed by atoms with Crippen molar-refractivity contribution in [3.8, 4) is 11.5 Å². The Morgan fingerprint density at radius 1 is 1.29 bits per heavy atom. The summed E-state index contributed by atoms with van der Waals surface area (Å²) < 4.78 is 10.8. The van der Waals surface area contributed by atoms with Gasteiger partial charge in [0.2, 0.25) is 6.79 Å². The molecule has 2 aliphatic rings. The zero-order valence-electron chi connectivity index (χ0n) is 14.3. The maximum absolute atomic E-state index is 12.1. The molecule has 2 aliphatic heterocycles. The second kappa shape index (κ2) is 7.68. The molecule has 1 aromatic carbocycles. The van der Waals surface area contributed by atoms with E-state index in [2.05, 4.69) is 24.0 Å². The summed E-state index contributed by atoms with van der Waals surface area (Å²) in [7, 11) is 0. The first-order valence-electron chi connectivity index (χ1n) is 8.62. The first-order valence-corrected chi connectivity index (χ1v) is 8.62. The molecule has 0 unspecified atom stereocenters. The summed E-state index contributed by atoms with van der Waals surface area (Å²) in [4.78, 5) is 15.0. The second-order valence-corrected chi connectivity index (χ2v) is 6.53. The molecule has 1 fully saturated rings. The first kappa shape index (κ1) is 16.8. The molecule has 0 aliphatic carbocycles. The minimum absolute atomic E-state index is 0.00274. The summed E-state index contributed by atoms with van der Waals surface area (Å²) in [6.45, 7) is 11.7. The van der Waals surface area contributed by atoms with Crippen LogP contribution in [0.4, 0.5) is 0 Å². The largest absolute Gasteiger partial charge is 0.454 e. The SMILES string of the molecule is C=CCNC(=O)[C@@H](C)[NH+]1CC[NH+](Cc2ccc3c(c2)OCO3)CC1. The predicted octanol–water partition coefficient (Wildman–Crippen LogP) is -1.61. The number of ether oxygens (including phenoxy) is 2. The number of benzene rings is 1. The average molecular weight is 333 g/mol. The zero-order valence-corrected chi connectivity index (χ0v) is 14.3. The first-order chi connectivity index (χ1) is 11.7. The van der Waals surface area contributed by atoms with Crippen LogP contribution in [0, 0.1) is 0 Å². The average Bonchev–Trinajstić information content (AvgIpc) is 3.07. The van der Waals surface area contributed by atoms with Crippen molar-refractivity contribution in [1.82, 2.24) is 5.32 Å². The van der Waals surface area contributed by atoms with E-state index in [1.54, 1.807) is 11.0 Å². The van der Waals surface area contributed by atoms with E-state index in [0.29, 0.717) is 13.3 Å². The highest BCUT2D eigenvalue weighted by molar-refractivity contribution is 5.80. The third-order valence-electron chi connectivity index (χ3n) is 4.92. The highest BCUT2D eigenvalue weighted by Gasteiger charge is 2.30.